The maximum absolute atomic E-state index is 10.5. The minimum absolute atomic E-state index is 0.0348. The Bertz CT molecular complexity index is 319. The Hall–Kier alpha value is -1.14. The topological polar surface area (TPSA) is 72.3 Å². The van der Waals surface area contributed by atoms with Crippen LogP contribution in [0.4, 0.5) is 0 Å². The highest BCUT2D eigenvalue weighted by Crippen LogP contribution is 2.13. The lowest BCUT2D eigenvalue weighted by molar-refractivity contribution is 0.0689. The molecule has 0 saturated heterocycles. The molecule has 14 heavy (non-hydrogen) atoms. The molecular weight excluding hydrogens is 204 g/mol. The second-order valence-corrected chi connectivity index (χ2v) is 3.50. The van der Waals surface area contributed by atoms with Crippen LogP contribution < -0.4 is 0 Å². The molecule has 5 nitrogen and oxygen atoms in total. The van der Waals surface area contributed by atoms with Gasteiger partial charge >= 0.3 is 5.97 Å². The minimum Gasteiger partial charge on any atom is -0.476 e. The van der Waals surface area contributed by atoms with Gasteiger partial charge in [0.05, 0.1) is 19.0 Å². The second-order valence-electron chi connectivity index (χ2n) is 2.39. The summed E-state index contributed by atoms with van der Waals surface area (Å²) in [5.41, 5.74) is -0.0348. The predicted molar refractivity (Wildman–Crippen MR) is 51.6 cm³/mol. The van der Waals surface area contributed by atoms with Crippen molar-refractivity contribution >= 4 is 17.7 Å². The zero-order valence-electron chi connectivity index (χ0n) is 7.64. The molecule has 0 aliphatic heterocycles. The van der Waals surface area contributed by atoms with Gasteiger partial charge in [0, 0.05) is 12.9 Å². The fraction of sp³-hybridized carbons (Fsp3) is 0.375. The number of methoxy groups -OCH3 is 1. The SMILES string of the molecule is COCCSc1cncc(C(=O)O)n1. The lowest BCUT2D eigenvalue weighted by Crippen LogP contribution is -2.02. The Balaban J connectivity index is 2.59. The van der Waals surface area contributed by atoms with E-state index in [1.807, 2.05) is 0 Å². The highest BCUT2D eigenvalue weighted by Gasteiger charge is 2.05. The standard InChI is InChI=1S/C8H10N2O3S/c1-13-2-3-14-7-5-9-4-6(10-7)8(11)12/h4-5H,2-3H2,1H3,(H,11,12). The Morgan fingerprint density at radius 1 is 1.64 bits per heavy atom. The third-order valence-electron chi connectivity index (χ3n) is 1.37. The van der Waals surface area contributed by atoms with Gasteiger partial charge in [0.2, 0.25) is 0 Å². The molecule has 1 heterocycles. The molecule has 0 bridgehead atoms. The first-order chi connectivity index (χ1) is 6.74. The summed E-state index contributed by atoms with van der Waals surface area (Å²) in [5, 5.41) is 9.24. The number of ether oxygens (including phenoxy) is 1. The van der Waals surface area contributed by atoms with Crippen molar-refractivity contribution in [3.8, 4) is 0 Å². The summed E-state index contributed by atoms with van der Waals surface area (Å²) in [6.07, 6.45) is 2.76. The van der Waals surface area contributed by atoms with Gasteiger partial charge in [-0.25, -0.2) is 9.78 Å². The zero-order chi connectivity index (χ0) is 10.4. The Labute approximate surface area is 85.5 Å². The van der Waals surface area contributed by atoms with Crippen molar-refractivity contribution in [1.29, 1.82) is 0 Å². The summed E-state index contributed by atoms with van der Waals surface area (Å²) >= 11 is 1.41. The molecule has 0 aliphatic carbocycles. The van der Waals surface area contributed by atoms with Gasteiger partial charge in [0.15, 0.2) is 5.69 Å². The summed E-state index contributed by atoms with van der Waals surface area (Å²) in [7, 11) is 1.61. The van der Waals surface area contributed by atoms with Crippen molar-refractivity contribution in [2.24, 2.45) is 0 Å². The number of aromatic nitrogens is 2. The van der Waals surface area contributed by atoms with E-state index in [4.69, 9.17) is 9.84 Å². The normalized spacial score (nSPS) is 10.1. The summed E-state index contributed by atoms with van der Waals surface area (Å²) < 4.78 is 4.86. The van der Waals surface area contributed by atoms with Crippen molar-refractivity contribution in [2.75, 3.05) is 19.5 Å². The number of nitrogens with zero attached hydrogens (tertiary/aromatic N) is 2. The molecule has 0 saturated carbocycles. The molecule has 76 valence electrons. The summed E-state index contributed by atoms with van der Waals surface area (Å²) in [4.78, 5) is 18.2. The highest BCUT2D eigenvalue weighted by molar-refractivity contribution is 7.99. The molecule has 0 radical (unpaired) electrons. The first-order valence-corrected chi connectivity index (χ1v) is 4.89. The highest BCUT2D eigenvalue weighted by atomic mass is 32.2. The molecule has 1 rings (SSSR count). The van der Waals surface area contributed by atoms with Gasteiger partial charge < -0.3 is 9.84 Å². The van der Waals surface area contributed by atoms with Crippen molar-refractivity contribution in [2.45, 2.75) is 5.03 Å². The van der Waals surface area contributed by atoms with Crippen molar-refractivity contribution < 1.29 is 14.6 Å². The van der Waals surface area contributed by atoms with Crippen molar-refractivity contribution in [3.05, 3.63) is 18.1 Å². The fourth-order valence-corrected chi connectivity index (χ4v) is 1.51. The van der Waals surface area contributed by atoms with Gasteiger partial charge in [-0.3, -0.25) is 4.98 Å². The number of thioether (sulfide) groups is 1. The van der Waals surface area contributed by atoms with Gasteiger partial charge in [-0.15, -0.1) is 11.8 Å². The molecule has 1 aromatic rings. The van der Waals surface area contributed by atoms with Gasteiger partial charge in [-0.2, -0.15) is 0 Å². The van der Waals surface area contributed by atoms with E-state index in [0.717, 1.165) is 5.75 Å². The number of carboxylic acid groups (broad SMARTS) is 1. The summed E-state index contributed by atoms with van der Waals surface area (Å²) in [5.74, 6) is -0.333. The third-order valence-corrected chi connectivity index (χ3v) is 2.23. The van der Waals surface area contributed by atoms with E-state index in [0.29, 0.717) is 11.6 Å². The summed E-state index contributed by atoms with van der Waals surface area (Å²) in [6.45, 7) is 0.601. The van der Waals surface area contributed by atoms with E-state index >= 15 is 0 Å². The van der Waals surface area contributed by atoms with E-state index in [-0.39, 0.29) is 5.69 Å². The van der Waals surface area contributed by atoms with Crippen LogP contribution in [0, 0.1) is 0 Å². The van der Waals surface area contributed by atoms with Gasteiger partial charge in [-0.1, -0.05) is 0 Å². The van der Waals surface area contributed by atoms with Crippen LogP contribution in [0.25, 0.3) is 0 Å². The van der Waals surface area contributed by atoms with E-state index in [1.165, 1.54) is 24.2 Å². The van der Waals surface area contributed by atoms with E-state index in [9.17, 15) is 4.79 Å². The molecule has 6 heteroatoms. The molecule has 0 atom stereocenters. The van der Waals surface area contributed by atoms with Crippen LogP contribution in [0.5, 0.6) is 0 Å². The van der Waals surface area contributed by atoms with Crippen LogP contribution in [0.15, 0.2) is 17.4 Å². The largest absolute Gasteiger partial charge is 0.476 e. The molecule has 0 spiro atoms. The Morgan fingerprint density at radius 2 is 2.43 bits per heavy atom. The molecule has 0 fully saturated rings. The van der Waals surface area contributed by atoms with Gasteiger partial charge in [-0.05, 0) is 0 Å². The maximum atomic E-state index is 10.5. The zero-order valence-corrected chi connectivity index (χ0v) is 8.45. The first kappa shape index (κ1) is 10.9. The summed E-state index contributed by atoms with van der Waals surface area (Å²) in [6, 6.07) is 0. The number of hydrogen-bond acceptors (Lipinski definition) is 5. The number of rotatable bonds is 5. The Kier molecular flexibility index (Phi) is 4.34. The second kappa shape index (κ2) is 5.56. The minimum atomic E-state index is -1.06. The van der Waals surface area contributed by atoms with Crippen molar-refractivity contribution in [1.82, 2.24) is 9.97 Å². The smallest absolute Gasteiger partial charge is 0.356 e. The maximum Gasteiger partial charge on any atom is 0.356 e. The molecule has 0 amide bonds. The van der Waals surface area contributed by atoms with Crippen molar-refractivity contribution in [3.63, 3.8) is 0 Å². The number of carbonyl (C=O) groups is 1. The monoisotopic (exact) mass is 214 g/mol. The van der Waals surface area contributed by atoms with E-state index in [1.54, 1.807) is 7.11 Å². The third kappa shape index (κ3) is 3.31. The predicted octanol–water partition coefficient (Wildman–Crippen LogP) is 0.913. The van der Waals surface area contributed by atoms with E-state index < -0.39 is 5.97 Å². The Morgan fingerprint density at radius 3 is 3.07 bits per heavy atom. The van der Waals surface area contributed by atoms with Crippen LogP contribution >= 0.6 is 11.8 Å². The van der Waals surface area contributed by atoms with Gasteiger partial charge in [0.25, 0.3) is 0 Å². The molecule has 0 aromatic carbocycles. The first-order valence-electron chi connectivity index (χ1n) is 3.91. The number of aromatic carboxylic acids is 1. The van der Waals surface area contributed by atoms with Crippen LogP contribution in [-0.4, -0.2) is 40.5 Å². The average Bonchev–Trinajstić information content (AvgIpc) is 2.19. The molecular formula is C8H10N2O3S. The van der Waals surface area contributed by atoms with Gasteiger partial charge in [0.1, 0.15) is 5.03 Å². The number of hydrogen-bond donors (Lipinski definition) is 1. The van der Waals surface area contributed by atoms with Crippen LogP contribution in [0.1, 0.15) is 10.5 Å². The van der Waals surface area contributed by atoms with E-state index in [2.05, 4.69) is 9.97 Å². The molecule has 0 aliphatic rings. The lowest BCUT2D eigenvalue weighted by Gasteiger charge is -2.00. The quantitative estimate of drug-likeness (QED) is 0.580. The fourth-order valence-electron chi connectivity index (χ4n) is 0.750. The molecule has 0 unspecified atom stereocenters. The lowest BCUT2D eigenvalue weighted by atomic mass is 10.5. The van der Waals surface area contributed by atoms with Crippen LogP contribution in [0.2, 0.25) is 0 Å². The number of carboxylic acids is 1. The van der Waals surface area contributed by atoms with Crippen LogP contribution in [0.3, 0.4) is 0 Å². The van der Waals surface area contributed by atoms with Crippen LogP contribution in [-0.2, 0) is 4.74 Å². The average molecular weight is 214 g/mol. The molecule has 1 aromatic heterocycles. The molecule has 1 N–H and O–H groups in total.